The predicted octanol–water partition coefficient (Wildman–Crippen LogP) is 3.16. The molecule has 0 spiro atoms. The number of fused-ring (bicyclic) bond motifs is 1. The van der Waals surface area contributed by atoms with E-state index in [-0.39, 0.29) is 5.91 Å². The van der Waals surface area contributed by atoms with E-state index < -0.39 is 0 Å². The van der Waals surface area contributed by atoms with E-state index in [1.54, 1.807) is 6.07 Å². The van der Waals surface area contributed by atoms with Gasteiger partial charge >= 0.3 is 0 Å². The number of carbonyl (C=O) groups is 1. The average molecular weight is 334 g/mol. The molecule has 7 heteroatoms. The van der Waals surface area contributed by atoms with Crippen LogP contribution in [0.4, 0.5) is 5.69 Å². The van der Waals surface area contributed by atoms with Crippen molar-refractivity contribution in [3.05, 3.63) is 53.6 Å². The number of aromatic nitrogens is 5. The molecule has 0 bridgehead atoms. The molecule has 0 atom stereocenters. The van der Waals surface area contributed by atoms with Crippen LogP contribution in [0.25, 0.3) is 22.2 Å². The van der Waals surface area contributed by atoms with Crippen molar-refractivity contribution in [3.63, 3.8) is 0 Å². The summed E-state index contributed by atoms with van der Waals surface area (Å²) in [5.74, 6) is -0.233. The summed E-state index contributed by atoms with van der Waals surface area (Å²) in [7, 11) is 1.89. The highest BCUT2D eigenvalue weighted by molar-refractivity contribution is 6.04. The SMILES string of the molecule is Cc1nn(C)c(C)c1-c1cc(C(=O)Nc2ccc3cc[nH]c3c2)[nH]n1. The molecule has 0 radical (unpaired) electrons. The van der Waals surface area contributed by atoms with Gasteiger partial charge in [-0.3, -0.25) is 14.6 Å². The first kappa shape index (κ1) is 15.2. The second-order valence-electron chi connectivity index (χ2n) is 6.07. The van der Waals surface area contributed by atoms with E-state index in [1.807, 2.05) is 56.0 Å². The van der Waals surface area contributed by atoms with Gasteiger partial charge in [0.15, 0.2) is 0 Å². The molecule has 4 rings (SSSR count). The Kier molecular flexibility index (Phi) is 3.42. The molecule has 25 heavy (non-hydrogen) atoms. The van der Waals surface area contributed by atoms with Gasteiger partial charge in [0, 0.05) is 35.7 Å². The summed E-state index contributed by atoms with van der Waals surface area (Å²) in [6.45, 7) is 3.91. The number of aromatic amines is 2. The average Bonchev–Trinajstić information content (AvgIpc) is 3.27. The zero-order valence-corrected chi connectivity index (χ0v) is 14.2. The summed E-state index contributed by atoms with van der Waals surface area (Å²) in [4.78, 5) is 15.6. The Labute approximate surface area is 144 Å². The summed E-state index contributed by atoms with van der Waals surface area (Å²) in [6, 6.07) is 9.48. The lowest BCUT2D eigenvalue weighted by molar-refractivity contribution is 0.102. The van der Waals surface area contributed by atoms with E-state index >= 15 is 0 Å². The number of hydrogen-bond acceptors (Lipinski definition) is 3. The summed E-state index contributed by atoms with van der Waals surface area (Å²) < 4.78 is 1.81. The quantitative estimate of drug-likeness (QED) is 0.537. The molecule has 1 aromatic carbocycles. The highest BCUT2D eigenvalue weighted by Gasteiger charge is 2.17. The fourth-order valence-electron chi connectivity index (χ4n) is 3.03. The number of hydrogen-bond donors (Lipinski definition) is 3. The summed E-state index contributed by atoms with van der Waals surface area (Å²) in [5.41, 5.74) is 5.67. The van der Waals surface area contributed by atoms with Crippen LogP contribution in [-0.4, -0.2) is 30.9 Å². The minimum absolute atomic E-state index is 0.233. The molecule has 0 unspecified atom stereocenters. The first-order valence-electron chi connectivity index (χ1n) is 7.97. The third-order valence-corrected chi connectivity index (χ3v) is 4.40. The third kappa shape index (κ3) is 2.59. The smallest absolute Gasteiger partial charge is 0.273 e. The standard InChI is InChI=1S/C18H18N6O/c1-10-17(11(2)24(3)23-10)15-9-16(22-21-15)18(25)20-13-5-4-12-6-7-19-14(12)8-13/h4-9,19H,1-3H3,(H,20,25)(H,21,22). The van der Waals surface area contributed by atoms with Crippen molar-refractivity contribution in [2.75, 3.05) is 5.32 Å². The maximum atomic E-state index is 12.5. The van der Waals surface area contributed by atoms with Crippen molar-refractivity contribution >= 4 is 22.5 Å². The Morgan fingerprint density at radius 3 is 2.80 bits per heavy atom. The number of anilines is 1. The molecule has 0 saturated heterocycles. The van der Waals surface area contributed by atoms with Gasteiger partial charge in [0.1, 0.15) is 5.69 Å². The van der Waals surface area contributed by atoms with Crippen molar-refractivity contribution < 1.29 is 4.79 Å². The molecule has 0 aliphatic heterocycles. The zero-order valence-electron chi connectivity index (χ0n) is 14.2. The summed E-state index contributed by atoms with van der Waals surface area (Å²) >= 11 is 0. The minimum Gasteiger partial charge on any atom is -0.361 e. The predicted molar refractivity (Wildman–Crippen MR) is 96.5 cm³/mol. The molecule has 1 amide bonds. The van der Waals surface area contributed by atoms with Gasteiger partial charge in [0.25, 0.3) is 5.91 Å². The van der Waals surface area contributed by atoms with Crippen LogP contribution >= 0.6 is 0 Å². The van der Waals surface area contributed by atoms with Crippen LogP contribution in [0.1, 0.15) is 21.9 Å². The molecule has 0 fully saturated rings. The number of H-pyrrole nitrogens is 2. The van der Waals surface area contributed by atoms with Gasteiger partial charge in [0.2, 0.25) is 0 Å². The lowest BCUT2D eigenvalue weighted by Gasteiger charge is -2.03. The number of amides is 1. The van der Waals surface area contributed by atoms with Crippen LogP contribution in [0.2, 0.25) is 0 Å². The van der Waals surface area contributed by atoms with Gasteiger partial charge in [-0.2, -0.15) is 10.2 Å². The van der Waals surface area contributed by atoms with Gasteiger partial charge in [-0.25, -0.2) is 0 Å². The van der Waals surface area contributed by atoms with Crippen molar-refractivity contribution in [1.29, 1.82) is 0 Å². The Morgan fingerprint density at radius 1 is 1.20 bits per heavy atom. The van der Waals surface area contributed by atoms with Gasteiger partial charge in [-0.1, -0.05) is 6.07 Å². The highest BCUT2D eigenvalue weighted by Crippen LogP contribution is 2.25. The molecular formula is C18H18N6O. The molecule has 4 aromatic rings. The van der Waals surface area contributed by atoms with Crippen molar-refractivity contribution in [1.82, 2.24) is 25.0 Å². The Bertz CT molecular complexity index is 1080. The summed E-state index contributed by atoms with van der Waals surface area (Å²) in [5, 5.41) is 15.5. The van der Waals surface area contributed by atoms with Crippen LogP contribution in [0, 0.1) is 13.8 Å². The van der Waals surface area contributed by atoms with E-state index in [4.69, 9.17) is 0 Å². The maximum absolute atomic E-state index is 12.5. The molecule has 3 aromatic heterocycles. The van der Waals surface area contributed by atoms with Gasteiger partial charge in [-0.05, 0) is 43.5 Å². The Hall–Kier alpha value is -3.35. The number of nitrogens with zero attached hydrogens (tertiary/aromatic N) is 3. The highest BCUT2D eigenvalue weighted by atomic mass is 16.1. The largest absolute Gasteiger partial charge is 0.361 e. The molecule has 0 saturated carbocycles. The molecular weight excluding hydrogens is 316 g/mol. The molecule has 0 aliphatic rings. The Balaban J connectivity index is 1.60. The number of rotatable bonds is 3. The molecule has 3 N–H and O–H groups in total. The fraction of sp³-hybridized carbons (Fsp3) is 0.167. The van der Waals surface area contributed by atoms with Crippen LogP contribution in [-0.2, 0) is 7.05 Å². The van der Waals surface area contributed by atoms with E-state index in [1.165, 1.54) is 0 Å². The topological polar surface area (TPSA) is 91.4 Å². The molecule has 0 aliphatic carbocycles. The lowest BCUT2D eigenvalue weighted by Crippen LogP contribution is -2.12. The van der Waals surface area contributed by atoms with E-state index in [0.717, 1.165) is 33.5 Å². The van der Waals surface area contributed by atoms with Crippen LogP contribution in [0.5, 0.6) is 0 Å². The molecule has 3 heterocycles. The third-order valence-electron chi connectivity index (χ3n) is 4.40. The van der Waals surface area contributed by atoms with Crippen LogP contribution < -0.4 is 5.32 Å². The van der Waals surface area contributed by atoms with Gasteiger partial charge in [0.05, 0.1) is 11.4 Å². The van der Waals surface area contributed by atoms with E-state index in [2.05, 4.69) is 25.6 Å². The first-order chi connectivity index (χ1) is 12.0. The molecule has 7 nitrogen and oxygen atoms in total. The van der Waals surface area contributed by atoms with Crippen molar-refractivity contribution in [2.24, 2.45) is 7.05 Å². The van der Waals surface area contributed by atoms with Crippen molar-refractivity contribution in [2.45, 2.75) is 13.8 Å². The van der Waals surface area contributed by atoms with E-state index in [9.17, 15) is 4.79 Å². The first-order valence-corrected chi connectivity index (χ1v) is 7.97. The lowest BCUT2D eigenvalue weighted by atomic mass is 10.1. The number of nitrogens with one attached hydrogen (secondary N) is 3. The number of benzene rings is 1. The zero-order chi connectivity index (χ0) is 17.6. The van der Waals surface area contributed by atoms with E-state index in [0.29, 0.717) is 11.4 Å². The number of carbonyl (C=O) groups excluding carboxylic acids is 1. The number of aryl methyl sites for hydroxylation is 2. The second kappa shape index (κ2) is 5.62. The monoisotopic (exact) mass is 334 g/mol. The normalized spacial score (nSPS) is 11.2. The van der Waals surface area contributed by atoms with Crippen LogP contribution in [0.3, 0.4) is 0 Å². The maximum Gasteiger partial charge on any atom is 0.273 e. The summed E-state index contributed by atoms with van der Waals surface area (Å²) in [6.07, 6.45) is 1.87. The second-order valence-corrected chi connectivity index (χ2v) is 6.07. The van der Waals surface area contributed by atoms with Gasteiger partial charge < -0.3 is 10.3 Å². The van der Waals surface area contributed by atoms with Crippen molar-refractivity contribution in [3.8, 4) is 11.3 Å². The van der Waals surface area contributed by atoms with Crippen LogP contribution in [0.15, 0.2) is 36.5 Å². The minimum atomic E-state index is -0.233. The fourth-order valence-corrected chi connectivity index (χ4v) is 3.03. The molecule has 126 valence electrons. The Morgan fingerprint density at radius 2 is 2.04 bits per heavy atom. The van der Waals surface area contributed by atoms with Gasteiger partial charge in [-0.15, -0.1) is 0 Å².